The Morgan fingerprint density at radius 3 is 1.02 bits per heavy atom. The minimum absolute atomic E-state index is 0.0329. The first-order valence-electron chi connectivity index (χ1n) is 51.1. The maximum atomic E-state index is 14.3. The lowest BCUT2D eigenvalue weighted by Gasteiger charge is -2.31. The minimum atomic E-state index is -1.15. The molecule has 144 heavy (non-hydrogen) atoms. The van der Waals surface area contributed by atoms with Crippen molar-refractivity contribution in [2.75, 3.05) is 76.4 Å². The number of nitrogens with two attached hydrogens (primary N) is 2. The van der Waals surface area contributed by atoms with Crippen molar-refractivity contribution >= 4 is 130 Å². The maximum Gasteiger partial charge on any atom is 0.320 e. The van der Waals surface area contributed by atoms with Gasteiger partial charge in [-0.05, 0) is 234 Å². The number of benzene rings is 1. The molecular weight excluding hydrogens is 1900 g/mol. The molecule has 2 saturated heterocycles. The third kappa shape index (κ3) is 47.5. The molecule has 818 valence electrons. The highest BCUT2D eigenvalue weighted by Crippen LogP contribution is 2.22. The number of carboxylic acid groups (broad SMARTS) is 2. The molecule has 44 nitrogen and oxygen atoms in total. The van der Waals surface area contributed by atoms with Crippen LogP contribution in [0.3, 0.4) is 0 Å². The van der Waals surface area contributed by atoms with Crippen LogP contribution in [0.2, 0.25) is 0 Å². The fourth-order valence-electron chi connectivity index (χ4n) is 16.3. The average Bonchev–Trinajstić information content (AvgIpc) is 1.62. The number of unbranched alkanes of at least 4 members (excludes halogenated alkanes) is 6. The number of hydrogen-bond acceptors (Lipinski definition) is 26. The number of aliphatic hydroxyl groups is 2. The van der Waals surface area contributed by atoms with Gasteiger partial charge in [-0.3, -0.25) is 76.7 Å². The van der Waals surface area contributed by atoms with Crippen LogP contribution in [0, 0.1) is 35.5 Å². The van der Waals surface area contributed by atoms with Gasteiger partial charge in [0.05, 0.1) is 24.3 Å². The van der Waals surface area contributed by atoms with Crippen molar-refractivity contribution in [3.63, 3.8) is 0 Å². The van der Waals surface area contributed by atoms with Gasteiger partial charge in [0, 0.05) is 63.2 Å². The first kappa shape index (κ1) is 128. The third-order valence-corrected chi connectivity index (χ3v) is 26.2. The molecule has 0 aliphatic carbocycles. The van der Waals surface area contributed by atoms with Crippen LogP contribution in [0.25, 0.3) is 0 Å². The predicted octanol–water partition coefficient (Wildman–Crippen LogP) is 1.72. The number of nitrogens with one attached hydrogen (secondary N) is 18. The summed E-state index contributed by atoms with van der Waals surface area (Å²) in [6.07, 6.45) is 7.33. The highest BCUT2D eigenvalue weighted by Gasteiger charge is 2.42. The number of hydrogen-bond donors (Lipinski definition) is 24. The lowest BCUT2D eigenvalue weighted by atomic mass is 9.99. The Bertz CT molecular complexity index is 3990. The van der Waals surface area contributed by atoms with Gasteiger partial charge >= 0.3 is 24.0 Å². The lowest BCUT2D eigenvalue weighted by molar-refractivity contribution is -0.141. The summed E-state index contributed by atoms with van der Waals surface area (Å²) in [6.45, 7) is 28.3. The van der Waals surface area contributed by atoms with Crippen LogP contribution in [0.4, 0.5) is 9.59 Å². The molecule has 2 aliphatic rings. The van der Waals surface area contributed by atoms with Gasteiger partial charge < -0.3 is 137 Å². The lowest BCUT2D eigenvalue weighted by Crippen LogP contribution is -2.61. The Morgan fingerprint density at radius 1 is 0.375 bits per heavy atom. The van der Waals surface area contributed by atoms with Crippen LogP contribution < -0.4 is 107 Å². The summed E-state index contributed by atoms with van der Waals surface area (Å²) in [7, 11) is 0. The first-order valence-corrected chi connectivity index (χ1v) is 53.9. The van der Waals surface area contributed by atoms with Crippen molar-refractivity contribution in [3.8, 4) is 0 Å². The quantitative estimate of drug-likeness (QED) is 0.0413. The second kappa shape index (κ2) is 68.2. The Balaban J connectivity index is 1.53. The molecule has 0 spiro atoms. The second-order valence-corrected chi connectivity index (χ2v) is 41.7. The van der Waals surface area contributed by atoms with Crippen molar-refractivity contribution in [1.82, 2.24) is 106 Å². The zero-order chi connectivity index (χ0) is 108. The number of aliphatic carboxylic acids is 2. The fraction of sp³-hybridized carbons (Fsp3) is 0.755. The van der Waals surface area contributed by atoms with E-state index in [1.165, 1.54) is 67.1 Å². The average molecular weight is 2070 g/mol. The van der Waals surface area contributed by atoms with Gasteiger partial charge in [-0.15, -0.1) is 0 Å². The summed E-state index contributed by atoms with van der Waals surface area (Å²) < 4.78 is 0. The summed E-state index contributed by atoms with van der Waals surface area (Å²) >= 11 is 2.85. The second-order valence-electron chi connectivity index (χ2n) is 39.8. The molecule has 0 unspecified atom stereocenters. The summed E-state index contributed by atoms with van der Waals surface area (Å²) in [5.74, 6) is -11.3. The molecule has 18 amide bonds. The summed E-state index contributed by atoms with van der Waals surface area (Å²) in [4.78, 5) is 248. The van der Waals surface area contributed by atoms with E-state index in [0.717, 1.165) is 0 Å². The number of carboxylic acids is 2. The maximum absolute atomic E-state index is 14.3. The van der Waals surface area contributed by atoms with E-state index in [2.05, 4.69) is 95.7 Å². The molecule has 18 atom stereocenters. The van der Waals surface area contributed by atoms with Crippen LogP contribution in [0.1, 0.15) is 273 Å². The van der Waals surface area contributed by atoms with Gasteiger partial charge in [-0.25, -0.2) is 9.59 Å². The van der Waals surface area contributed by atoms with Crippen molar-refractivity contribution in [3.05, 3.63) is 35.4 Å². The third-order valence-electron chi connectivity index (χ3n) is 24.9. The largest absolute Gasteiger partial charge is 0.480 e. The SMILES string of the molecule is CSCC[C@H](NC(=O)N1CCC[C@H]1NC(=O)[C@@H](NC(=O)[C@H](CC(C)C)NC(=O)[C@H](CCCCN)NC(=O)CCCCCNC(=O)c1cccc(C(=O)NCCCCCC(=O)N[C@@H](CCCCN)C(=O)N[C@@H](CC(C)C)C(=O)N[C@H](C(=O)N[C@@H]2CCCN2C(=O)N[C@@H](CCSC)C(=O)N[C@@H](C)C(=O)N[C@@H](CN[C@H](C(=O)O)C(C)C)[C@@H](C)O)C(C)C)c1)C(C)C)C(=O)N[C@@H](C)C(=O)N[C@@H](CN[C@H](C(=O)O)C(C)C)[C@@H](C)O. The number of likely N-dealkylation sites (tertiary alicyclic amines) is 2. The number of carbonyl (C=O) groups excluding carboxylic acids is 16. The number of amides is 18. The Morgan fingerprint density at radius 2 is 0.708 bits per heavy atom. The van der Waals surface area contributed by atoms with E-state index < -0.39 is 228 Å². The molecule has 0 radical (unpaired) electrons. The van der Waals surface area contributed by atoms with Crippen LogP contribution >= 0.6 is 23.5 Å². The van der Waals surface area contributed by atoms with Gasteiger partial charge in [0.2, 0.25) is 70.9 Å². The number of nitrogens with zero attached hydrogens (tertiary/aromatic N) is 2. The minimum Gasteiger partial charge on any atom is -0.480 e. The number of carbonyl (C=O) groups is 18. The molecule has 2 heterocycles. The van der Waals surface area contributed by atoms with Crippen molar-refractivity contribution in [2.24, 2.45) is 47.0 Å². The van der Waals surface area contributed by atoms with Gasteiger partial charge in [-0.1, -0.05) is 102 Å². The number of rotatable bonds is 70. The normalized spacial score (nSPS) is 17.0. The molecule has 0 saturated carbocycles. The fourth-order valence-corrected chi connectivity index (χ4v) is 17.2. The van der Waals surface area contributed by atoms with Gasteiger partial charge in [0.25, 0.3) is 11.8 Å². The van der Waals surface area contributed by atoms with Crippen molar-refractivity contribution in [1.29, 1.82) is 0 Å². The molecule has 1 aromatic rings. The molecule has 0 bridgehead atoms. The molecular formula is C98H172N22O22S2. The molecule has 2 aliphatic heterocycles. The molecule has 1 aromatic carbocycles. The van der Waals surface area contributed by atoms with Gasteiger partial charge in [0.1, 0.15) is 84.8 Å². The first-order chi connectivity index (χ1) is 68.0. The van der Waals surface area contributed by atoms with Crippen molar-refractivity contribution in [2.45, 2.75) is 361 Å². The summed E-state index contributed by atoms with van der Waals surface area (Å²) in [5.41, 5.74) is 12.1. The molecule has 3 rings (SSSR count). The predicted molar refractivity (Wildman–Crippen MR) is 551 cm³/mol. The zero-order valence-electron chi connectivity index (χ0n) is 87.8. The van der Waals surface area contributed by atoms with E-state index >= 15 is 0 Å². The Labute approximate surface area is 857 Å². The van der Waals surface area contributed by atoms with Crippen LogP contribution in [-0.2, 0) is 67.1 Å². The van der Waals surface area contributed by atoms with E-state index in [1.54, 1.807) is 73.6 Å². The highest BCUT2D eigenvalue weighted by atomic mass is 32.2. The monoisotopic (exact) mass is 2070 g/mol. The molecule has 2 fully saturated rings. The zero-order valence-corrected chi connectivity index (χ0v) is 89.4. The number of aliphatic hydroxyl groups excluding tert-OH is 2. The van der Waals surface area contributed by atoms with Crippen LogP contribution in [0.5, 0.6) is 0 Å². The van der Waals surface area contributed by atoms with Gasteiger partial charge in [-0.2, -0.15) is 23.5 Å². The molecule has 46 heteroatoms. The summed E-state index contributed by atoms with van der Waals surface area (Å²) in [5, 5.41) is 90.5. The number of urea groups is 2. The molecule has 26 N–H and O–H groups in total. The van der Waals surface area contributed by atoms with E-state index in [9.17, 15) is 107 Å². The Kier molecular flexibility index (Phi) is 60.6. The van der Waals surface area contributed by atoms with Gasteiger partial charge in [0.15, 0.2) is 0 Å². The standard InChI is InChI=1S/C98H172N22O22S2/c1-55(2)50-71(91(133)117-79(57(5)6)93(135)115-75-36-30-46-119(75)97(141)113-69(40-48-143-17)87(129)105-61(13)83(125)111-73(63(15)121)53-103-81(59(9)10)95(137)138)109-89(131)67(34-23-25-42-99)107-77(123)38-21-19-27-44-101-85(127)65-32-29-33-66(52-65)86(128)102-45-28-20-22-39-78(124)108-68(35-24-26-43-100)90(132)110-72(51-56(3)4)92(134)118-80(58(7)8)94(136)116-76-37-31-47-120(76)98(142)114-70(41-49-144-18)88(130)106-62(14)84(126)112-74(64(16)122)54-104-82(60(11)12)96(139)140/h29,32-33,52,55-64,67-76,79-82,103-104,121-122H,19-28,30-31,34-51,53-54,99-100H2,1-18H3,(H,101,127)(H,102,128)(H,105,129)(H,106,130)(H,107,123)(H,108,124)(H,109,131)(H,110,132)(H,111,125)(H,112,126)(H,113,141)(H,114,142)(H,115,135)(H,116,136)(H,117,133)(H,118,134)(H,137,138)(H,139,140)/t61-,62-,63+,64+,67-,68-,69-,70-,71-,72-,73-,74-,75-,76-,79-,80-,81-,82-/m0/s1. The Hall–Kier alpha value is -10.3. The summed E-state index contributed by atoms with van der Waals surface area (Å²) in [6, 6.07) is -10.1. The van der Waals surface area contributed by atoms with E-state index in [1.807, 2.05) is 40.2 Å². The number of thioether (sulfide) groups is 2. The van der Waals surface area contributed by atoms with E-state index in [0.29, 0.717) is 114 Å². The van der Waals surface area contributed by atoms with Crippen LogP contribution in [0.15, 0.2) is 24.3 Å². The van der Waals surface area contributed by atoms with E-state index in [-0.39, 0.29) is 125 Å². The highest BCUT2D eigenvalue weighted by molar-refractivity contribution is 7.98. The van der Waals surface area contributed by atoms with E-state index in [4.69, 9.17) is 11.5 Å². The van der Waals surface area contributed by atoms with Crippen molar-refractivity contribution < 1.29 is 107 Å². The van der Waals surface area contributed by atoms with Crippen LogP contribution in [-0.4, -0.2) is 322 Å². The smallest absolute Gasteiger partial charge is 0.320 e. The topological polar surface area (TPSA) is 663 Å². The molecule has 0 aromatic heterocycles.